The summed E-state index contributed by atoms with van der Waals surface area (Å²) in [6, 6.07) is 5.74. The smallest absolute Gasteiger partial charge is 0.410 e. The Morgan fingerprint density at radius 2 is 1.89 bits per heavy atom. The van der Waals surface area contributed by atoms with Gasteiger partial charge in [0.05, 0.1) is 0 Å². The van der Waals surface area contributed by atoms with Gasteiger partial charge in [-0.1, -0.05) is 46.2 Å². The number of benzene rings is 1. The van der Waals surface area contributed by atoms with Gasteiger partial charge in [-0.25, -0.2) is 0 Å². The molecule has 9 heteroatoms. The molecule has 1 aromatic carbocycles. The first kappa shape index (κ1) is 13.3. The maximum Gasteiger partial charge on any atom is 0.471 e. The van der Waals surface area contributed by atoms with E-state index < -0.39 is 12.1 Å². The lowest BCUT2D eigenvalue weighted by Crippen LogP contribution is -2.04. The topological polar surface area (TPSA) is 71.5 Å². The average Bonchev–Trinajstić information content (AvgIpc) is 2.87. The Morgan fingerprint density at radius 3 is 2.37 bits per heavy atom. The number of rotatable bonds is 2. The molecule has 0 radical (unpaired) electrons. The van der Waals surface area contributed by atoms with Crippen molar-refractivity contribution in [1.82, 2.24) is 10.1 Å². The van der Waals surface area contributed by atoms with Crippen LogP contribution in [-0.2, 0) is 6.18 Å². The molecule has 1 N–H and O–H groups in total. The minimum absolute atomic E-state index is 0.143. The van der Waals surface area contributed by atoms with Gasteiger partial charge in [-0.15, -0.1) is 0 Å². The van der Waals surface area contributed by atoms with Gasteiger partial charge in [-0.2, -0.15) is 18.2 Å². The van der Waals surface area contributed by atoms with Crippen molar-refractivity contribution < 1.29 is 22.9 Å². The Kier molecular flexibility index (Phi) is 3.43. The average molecular weight is 292 g/mol. The molecule has 0 aliphatic carbocycles. The first-order valence-electron chi connectivity index (χ1n) is 4.81. The molecule has 2 aromatic rings. The Balaban J connectivity index is 2.30. The lowest BCUT2D eigenvalue weighted by molar-refractivity contribution is -0.159. The third kappa shape index (κ3) is 2.84. The Bertz CT molecular complexity index is 607. The quantitative estimate of drug-likeness (QED) is 0.524. The molecule has 0 spiro atoms. The minimum atomic E-state index is -4.68. The van der Waals surface area contributed by atoms with E-state index in [4.69, 9.17) is 16.8 Å². The molecule has 1 aromatic heterocycles. The van der Waals surface area contributed by atoms with Gasteiger partial charge in [0.2, 0.25) is 5.82 Å². The molecule has 100 valence electrons. The number of hydrogen-bond acceptors (Lipinski definition) is 5. The molecule has 0 unspecified atom stereocenters. The highest BCUT2D eigenvalue weighted by Gasteiger charge is 2.38. The third-order valence-corrected chi connectivity index (χ3v) is 2.43. The van der Waals surface area contributed by atoms with Crippen LogP contribution >= 0.6 is 11.6 Å². The summed E-state index contributed by atoms with van der Waals surface area (Å²) >= 11 is 5.55. The number of nitrogens with zero attached hydrogens (tertiary/aromatic N) is 3. The molecule has 0 bridgehead atoms. The normalized spacial score (nSPS) is 12.7. The summed E-state index contributed by atoms with van der Waals surface area (Å²) in [5.41, 5.74) is 0.706. The highest BCUT2D eigenvalue weighted by molar-refractivity contribution is 6.69. The molecule has 0 saturated carbocycles. The maximum atomic E-state index is 12.3. The van der Waals surface area contributed by atoms with E-state index in [1.807, 2.05) is 0 Å². The fourth-order valence-electron chi connectivity index (χ4n) is 1.27. The molecule has 5 nitrogen and oxygen atoms in total. The fourth-order valence-corrected chi connectivity index (χ4v) is 1.40. The van der Waals surface area contributed by atoms with Gasteiger partial charge in [-0.3, -0.25) is 0 Å². The zero-order valence-corrected chi connectivity index (χ0v) is 9.77. The Labute approximate surface area is 109 Å². The van der Waals surface area contributed by atoms with Crippen molar-refractivity contribution in [3.63, 3.8) is 0 Å². The van der Waals surface area contributed by atoms with E-state index in [9.17, 15) is 13.2 Å². The highest BCUT2D eigenvalue weighted by Crippen LogP contribution is 2.29. The molecule has 1 heterocycles. The number of halogens is 4. The van der Waals surface area contributed by atoms with Crippen molar-refractivity contribution in [3.8, 4) is 11.4 Å². The van der Waals surface area contributed by atoms with Crippen molar-refractivity contribution in [2.45, 2.75) is 6.18 Å². The second-order valence-electron chi connectivity index (χ2n) is 3.39. The van der Waals surface area contributed by atoms with Gasteiger partial charge in [0.15, 0.2) is 5.17 Å². The van der Waals surface area contributed by atoms with Crippen LogP contribution in [0.4, 0.5) is 13.2 Å². The van der Waals surface area contributed by atoms with Gasteiger partial charge in [0.25, 0.3) is 0 Å². The number of oxime groups is 1. The number of hydrogen-bond donors (Lipinski definition) is 1. The van der Waals surface area contributed by atoms with Gasteiger partial charge in [-0.05, 0) is 0 Å². The molecule has 0 amide bonds. The second kappa shape index (κ2) is 4.88. The van der Waals surface area contributed by atoms with E-state index in [1.165, 1.54) is 24.3 Å². The van der Waals surface area contributed by atoms with Gasteiger partial charge >= 0.3 is 12.1 Å². The van der Waals surface area contributed by atoms with Crippen molar-refractivity contribution in [2.24, 2.45) is 5.16 Å². The van der Waals surface area contributed by atoms with Crippen LogP contribution in [0.1, 0.15) is 11.5 Å². The summed E-state index contributed by atoms with van der Waals surface area (Å²) in [4.78, 5) is 3.23. The van der Waals surface area contributed by atoms with Crippen molar-refractivity contribution >= 4 is 16.8 Å². The minimum Gasteiger partial charge on any atom is -0.410 e. The van der Waals surface area contributed by atoms with Crippen molar-refractivity contribution in [2.75, 3.05) is 0 Å². The van der Waals surface area contributed by atoms with E-state index in [2.05, 4.69) is 19.8 Å². The predicted molar refractivity (Wildman–Crippen MR) is 58.9 cm³/mol. The molecular weight excluding hydrogens is 287 g/mol. The SMILES string of the molecule is ON=C(Cl)c1ccc(-c2noc(C(F)(F)F)n2)cc1. The van der Waals surface area contributed by atoms with E-state index in [1.54, 1.807) is 0 Å². The summed E-state index contributed by atoms with van der Waals surface area (Å²) in [6.07, 6.45) is -4.68. The Morgan fingerprint density at radius 1 is 1.26 bits per heavy atom. The number of aromatic nitrogens is 2. The highest BCUT2D eigenvalue weighted by atomic mass is 35.5. The van der Waals surface area contributed by atoms with Gasteiger partial charge < -0.3 is 9.73 Å². The lowest BCUT2D eigenvalue weighted by Gasteiger charge is -1.98. The van der Waals surface area contributed by atoms with Crippen LogP contribution in [0.15, 0.2) is 33.9 Å². The fraction of sp³-hybridized carbons (Fsp3) is 0.100. The summed E-state index contributed by atoms with van der Waals surface area (Å²) in [7, 11) is 0. The van der Waals surface area contributed by atoms with Crippen LogP contribution in [0.25, 0.3) is 11.4 Å². The van der Waals surface area contributed by atoms with Crippen LogP contribution in [0.3, 0.4) is 0 Å². The van der Waals surface area contributed by atoms with Crippen LogP contribution in [0, 0.1) is 0 Å². The maximum absolute atomic E-state index is 12.3. The van der Waals surface area contributed by atoms with E-state index in [0.29, 0.717) is 11.1 Å². The summed E-state index contributed by atoms with van der Waals surface area (Å²) < 4.78 is 40.9. The predicted octanol–water partition coefficient (Wildman–Crippen LogP) is 3.13. The van der Waals surface area contributed by atoms with Gasteiger partial charge in [0, 0.05) is 11.1 Å². The summed E-state index contributed by atoms with van der Waals surface area (Å²) in [5, 5.41) is 14.3. The van der Waals surface area contributed by atoms with Crippen molar-refractivity contribution in [3.05, 3.63) is 35.7 Å². The number of alkyl halides is 3. The summed E-state index contributed by atoms with van der Waals surface area (Å²) in [6.45, 7) is 0. The molecule has 0 atom stereocenters. The molecule has 0 fully saturated rings. The van der Waals surface area contributed by atoms with E-state index >= 15 is 0 Å². The van der Waals surface area contributed by atoms with E-state index in [-0.39, 0.29) is 11.0 Å². The molecule has 0 aliphatic heterocycles. The zero-order valence-electron chi connectivity index (χ0n) is 9.02. The zero-order chi connectivity index (χ0) is 14.0. The van der Waals surface area contributed by atoms with Crippen molar-refractivity contribution in [1.29, 1.82) is 0 Å². The van der Waals surface area contributed by atoms with Crippen LogP contribution in [0.2, 0.25) is 0 Å². The van der Waals surface area contributed by atoms with Crippen LogP contribution in [0.5, 0.6) is 0 Å². The molecular formula is C10H5ClF3N3O2. The van der Waals surface area contributed by atoms with Crippen LogP contribution < -0.4 is 0 Å². The summed E-state index contributed by atoms with van der Waals surface area (Å²) in [5.74, 6) is -1.61. The largest absolute Gasteiger partial charge is 0.471 e. The van der Waals surface area contributed by atoms with Gasteiger partial charge in [0.1, 0.15) is 0 Å². The van der Waals surface area contributed by atoms with E-state index in [0.717, 1.165) is 0 Å². The standard InChI is InChI=1S/C10H5ClF3N3O2/c11-7(16-18)5-1-3-6(4-2-5)8-15-9(19-17-8)10(12,13)14/h1-4,18H. The molecule has 0 aliphatic rings. The second-order valence-corrected chi connectivity index (χ2v) is 3.75. The first-order chi connectivity index (χ1) is 8.91. The van der Waals surface area contributed by atoms with Crippen LogP contribution in [-0.4, -0.2) is 20.5 Å². The molecule has 2 rings (SSSR count). The molecule has 0 saturated heterocycles. The third-order valence-electron chi connectivity index (χ3n) is 2.14. The monoisotopic (exact) mass is 291 g/mol. The Hall–Kier alpha value is -2.09. The lowest BCUT2D eigenvalue weighted by atomic mass is 10.1. The first-order valence-corrected chi connectivity index (χ1v) is 5.19. The molecule has 19 heavy (non-hydrogen) atoms.